The SMILES string of the molecule is CCc1cccc2sc(N(Cc3ccccn3)C(=O)Cc3ccc(C(C)C)cc3)nc12. The highest BCUT2D eigenvalue weighted by atomic mass is 32.1. The van der Waals surface area contributed by atoms with Crippen LogP contribution < -0.4 is 4.90 Å². The molecule has 4 aromatic rings. The molecule has 0 fully saturated rings. The van der Waals surface area contributed by atoms with Crippen LogP contribution in [0.1, 0.15) is 49.1 Å². The monoisotopic (exact) mass is 429 g/mol. The van der Waals surface area contributed by atoms with E-state index in [1.807, 2.05) is 18.2 Å². The maximum atomic E-state index is 13.4. The van der Waals surface area contributed by atoms with Crippen molar-refractivity contribution in [3.8, 4) is 0 Å². The summed E-state index contributed by atoms with van der Waals surface area (Å²) in [6.45, 7) is 6.88. The van der Waals surface area contributed by atoms with Crippen molar-refractivity contribution in [2.24, 2.45) is 0 Å². The number of nitrogens with zero attached hydrogens (tertiary/aromatic N) is 3. The number of benzene rings is 2. The normalized spacial score (nSPS) is 11.2. The van der Waals surface area contributed by atoms with Crippen LogP contribution in [-0.4, -0.2) is 15.9 Å². The van der Waals surface area contributed by atoms with E-state index in [0.29, 0.717) is 18.9 Å². The van der Waals surface area contributed by atoms with Gasteiger partial charge in [0.1, 0.15) is 0 Å². The molecule has 2 aromatic carbocycles. The number of hydrogen-bond acceptors (Lipinski definition) is 4. The summed E-state index contributed by atoms with van der Waals surface area (Å²) in [5, 5.41) is 0.727. The number of pyridine rings is 1. The van der Waals surface area contributed by atoms with Crippen molar-refractivity contribution in [2.45, 2.75) is 46.1 Å². The number of thiazole rings is 1. The molecule has 5 heteroatoms. The fourth-order valence-electron chi connectivity index (χ4n) is 3.60. The maximum absolute atomic E-state index is 13.4. The van der Waals surface area contributed by atoms with Crippen molar-refractivity contribution < 1.29 is 4.79 Å². The van der Waals surface area contributed by atoms with E-state index >= 15 is 0 Å². The average molecular weight is 430 g/mol. The Labute approximate surface area is 187 Å². The van der Waals surface area contributed by atoms with Crippen LogP contribution in [0.4, 0.5) is 5.13 Å². The highest BCUT2D eigenvalue weighted by molar-refractivity contribution is 7.22. The van der Waals surface area contributed by atoms with Crippen molar-refractivity contribution in [1.29, 1.82) is 0 Å². The number of anilines is 1. The van der Waals surface area contributed by atoms with E-state index in [0.717, 1.165) is 33.0 Å². The largest absolute Gasteiger partial charge is 0.282 e. The minimum Gasteiger partial charge on any atom is -0.282 e. The van der Waals surface area contributed by atoms with Crippen LogP contribution in [0.5, 0.6) is 0 Å². The number of para-hydroxylation sites is 1. The zero-order valence-corrected chi connectivity index (χ0v) is 19.0. The minimum absolute atomic E-state index is 0.0278. The van der Waals surface area contributed by atoms with Crippen LogP contribution in [0, 0.1) is 0 Å². The molecule has 0 saturated carbocycles. The molecule has 31 heavy (non-hydrogen) atoms. The van der Waals surface area contributed by atoms with E-state index in [4.69, 9.17) is 4.98 Å². The van der Waals surface area contributed by atoms with Crippen LogP contribution in [0.3, 0.4) is 0 Å². The quantitative estimate of drug-likeness (QED) is 0.354. The molecule has 0 spiro atoms. The number of hydrogen-bond donors (Lipinski definition) is 0. The van der Waals surface area contributed by atoms with Gasteiger partial charge >= 0.3 is 0 Å². The Kier molecular flexibility index (Phi) is 6.42. The lowest BCUT2D eigenvalue weighted by Crippen LogP contribution is -2.32. The molecular formula is C26H27N3OS. The number of aryl methyl sites for hydroxylation is 1. The van der Waals surface area contributed by atoms with Gasteiger partial charge in [-0.25, -0.2) is 4.98 Å². The van der Waals surface area contributed by atoms with Gasteiger partial charge in [-0.15, -0.1) is 0 Å². The molecule has 0 saturated heterocycles. The number of carbonyl (C=O) groups excluding carboxylic acids is 1. The second-order valence-corrected chi connectivity index (χ2v) is 9.00. The van der Waals surface area contributed by atoms with Gasteiger partial charge in [-0.3, -0.25) is 14.7 Å². The molecule has 0 N–H and O–H groups in total. The summed E-state index contributed by atoms with van der Waals surface area (Å²) in [5.41, 5.74) is 5.33. The van der Waals surface area contributed by atoms with Gasteiger partial charge in [-0.2, -0.15) is 0 Å². The van der Waals surface area contributed by atoms with Crippen LogP contribution in [0.15, 0.2) is 66.9 Å². The van der Waals surface area contributed by atoms with Gasteiger partial charge < -0.3 is 0 Å². The smallest absolute Gasteiger partial charge is 0.233 e. The summed E-state index contributed by atoms with van der Waals surface area (Å²) in [4.78, 5) is 24.5. The van der Waals surface area contributed by atoms with Gasteiger partial charge in [-0.1, -0.05) is 74.6 Å². The summed E-state index contributed by atoms with van der Waals surface area (Å²) in [6.07, 6.45) is 3.01. The summed E-state index contributed by atoms with van der Waals surface area (Å²) in [7, 11) is 0. The maximum Gasteiger partial charge on any atom is 0.233 e. The molecular weight excluding hydrogens is 402 g/mol. The lowest BCUT2D eigenvalue weighted by atomic mass is 10.0. The predicted molar refractivity (Wildman–Crippen MR) is 129 cm³/mol. The van der Waals surface area contributed by atoms with Gasteiger partial charge in [0.15, 0.2) is 5.13 Å². The summed E-state index contributed by atoms with van der Waals surface area (Å²) in [6, 6.07) is 20.4. The molecule has 4 nitrogen and oxygen atoms in total. The first-order valence-corrected chi connectivity index (χ1v) is 11.5. The van der Waals surface area contributed by atoms with E-state index in [1.54, 1.807) is 22.4 Å². The molecule has 0 unspecified atom stereocenters. The zero-order chi connectivity index (χ0) is 21.8. The summed E-state index contributed by atoms with van der Waals surface area (Å²) >= 11 is 1.57. The van der Waals surface area contributed by atoms with Gasteiger partial charge in [0.25, 0.3) is 0 Å². The van der Waals surface area contributed by atoms with E-state index in [-0.39, 0.29) is 5.91 Å². The first-order chi connectivity index (χ1) is 15.0. The molecule has 0 radical (unpaired) electrons. The third-order valence-electron chi connectivity index (χ3n) is 5.45. The lowest BCUT2D eigenvalue weighted by Gasteiger charge is -2.20. The summed E-state index contributed by atoms with van der Waals surface area (Å²) in [5.74, 6) is 0.501. The Morgan fingerprint density at radius 1 is 1.03 bits per heavy atom. The van der Waals surface area contributed by atoms with Crippen LogP contribution in [-0.2, 0) is 24.2 Å². The van der Waals surface area contributed by atoms with Crippen molar-refractivity contribution in [1.82, 2.24) is 9.97 Å². The number of aromatic nitrogens is 2. The van der Waals surface area contributed by atoms with Crippen molar-refractivity contribution in [2.75, 3.05) is 4.90 Å². The average Bonchev–Trinajstić information content (AvgIpc) is 3.22. The Morgan fingerprint density at radius 2 is 1.84 bits per heavy atom. The van der Waals surface area contributed by atoms with Gasteiger partial charge in [0.2, 0.25) is 5.91 Å². The Morgan fingerprint density at radius 3 is 2.52 bits per heavy atom. The van der Waals surface area contributed by atoms with Gasteiger partial charge in [0, 0.05) is 6.20 Å². The standard InChI is InChI=1S/C26H27N3OS/c1-4-20-8-7-10-23-25(20)28-26(31-23)29(17-22-9-5-6-15-27-22)24(30)16-19-11-13-21(14-12-19)18(2)3/h5-15,18H,4,16-17H2,1-3H3. The van der Waals surface area contributed by atoms with Crippen LogP contribution in [0.2, 0.25) is 0 Å². The van der Waals surface area contributed by atoms with E-state index in [2.05, 4.69) is 68.2 Å². The number of amides is 1. The fourth-order valence-corrected chi connectivity index (χ4v) is 4.63. The topological polar surface area (TPSA) is 46.1 Å². The third kappa shape index (κ3) is 4.83. The molecule has 2 aromatic heterocycles. The fraction of sp³-hybridized carbons (Fsp3) is 0.269. The number of fused-ring (bicyclic) bond motifs is 1. The summed E-state index contributed by atoms with van der Waals surface area (Å²) < 4.78 is 1.11. The molecule has 158 valence electrons. The number of rotatable bonds is 7. The van der Waals surface area contributed by atoms with E-state index in [1.165, 1.54) is 11.1 Å². The predicted octanol–water partition coefficient (Wildman–Crippen LogP) is 6.15. The highest BCUT2D eigenvalue weighted by Gasteiger charge is 2.21. The first kappa shape index (κ1) is 21.2. The van der Waals surface area contributed by atoms with Crippen molar-refractivity contribution in [3.05, 3.63) is 89.2 Å². The second kappa shape index (κ2) is 9.40. The highest BCUT2D eigenvalue weighted by Crippen LogP contribution is 2.32. The minimum atomic E-state index is 0.0278. The van der Waals surface area contributed by atoms with Gasteiger partial charge in [0.05, 0.1) is 28.9 Å². The van der Waals surface area contributed by atoms with E-state index in [9.17, 15) is 4.79 Å². The molecule has 2 heterocycles. The third-order valence-corrected chi connectivity index (χ3v) is 6.50. The van der Waals surface area contributed by atoms with Crippen molar-refractivity contribution >= 4 is 32.6 Å². The molecule has 0 aliphatic carbocycles. The van der Waals surface area contributed by atoms with Gasteiger partial charge in [-0.05, 0) is 47.2 Å². The lowest BCUT2D eigenvalue weighted by molar-refractivity contribution is -0.118. The molecule has 0 aliphatic rings. The number of carbonyl (C=O) groups is 1. The molecule has 0 aliphatic heterocycles. The Hall–Kier alpha value is -3.05. The van der Waals surface area contributed by atoms with E-state index < -0.39 is 0 Å². The zero-order valence-electron chi connectivity index (χ0n) is 18.2. The molecule has 0 atom stereocenters. The Bertz CT molecular complexity index is 1170. The van der Waals surface area contributed by atoms with Crippen LogP contribution in [0.25, 0.3) is 10.2 Å². The second-order valence-electron chi connectivity index (χ2n) is 7.99. The first-order valence-electron chi connectivity index (χ1n) is 10.7. The molecule has 4 rings (SSSR count). The Balaban J connectivity index is 1.66. The van der Waals surface area contributed by atoms with Crippen LogP contribution >= 0.6 is 11.3 Å². The van der Waals surface area contributed by atoms with Crippen molar-refractivity contribution in [3.63, 3.8) is 0 Å². The molecule has 0 bridgehead atoms. The molecule has 1 amide bonds.